The molecule has 2 atom stereocenters. The first-order valence-electron chi connectivity index (χ1n) is 10.3. The minimum absolute atomic E-state index is 0.302. The van der Waals surface area contributed by atoms with Crippen molar-refractivity contribution >= 4 is 11.9 Å². The lowest BCUT2D eigenvalue weighted by Gasteiger charge is -2.31. The molecule has 0 aromatic heterocycles. The van der Waals surface area contributed by atoms with Gasteiger partial charge in [-0.2, -0.15) is 0 Å². The van der Waals surface area contributed by atoms with Crippen molar-refractivity contribution in [3.63, 3.8) is 0 Å². The van der Waals surface area contributed by atoms with Crippen LogP contribution in [-0.2, 0) is 35.0 Å². The summed E-state index contributed by atoms with van der Waals surface area (Å²) >= 11 is 0. The van der Waals surface area contributed by atoms with Gasteiger partial charge in [-0.1, -0.05) is 49.1 Å². The van der Waals surface area contributed by atoms with Crippen LogP contribution >= 0.6 is 0 Å². The van der Waals surface area contributed by atoms with Crippen molar-refractivity contribution in [3.8, 4) is 0 Å². The van der Waals surface area contributed by atoms with Crippen LogP contribution in [0.2, 0.25) is 0 Å². The second kappa shape index (κ2) is 10.9. The molecule has 0 N–H and O–H groups in total. The van der Waals surface area contributed by atoms with Gasteiger partial charge in [0, 0.05) is 37.8 Å². The third-order valence-electron chi connectivity index (χ3n) is 5.08. The van der Waals surface area contributed by atoms with Crippen molar-refractivity contribution in [3.05, 3.63) is 72.9 Å². The Labute approximate surface area is 177 Å². The Morgan fingerprint density at radius 3 is 2.73 bits per heavy atom. The van der Waals surface area contributed by atoms with Crippen LogP contribution in [0.25, 0.3) is 0 Å². The Balaban J connectivity index is 1.63. The highest BCUT2D eigenvalue weighted by molar-refractivity contribution is 5.83. The van der Waals surface area contributed by atoms with Gasteiger partial charge in [0.05, 0.1) is 13.2 Å². The molecule has 3 rings (SSSR count). The number of cyclic esters (lactones) is 1. The van der Waals surface area contributed by atoms with Gasteiger partial charge in [-0.05, 0) is 18.1 Å². The predicted molar refractivity (Wildman–Crippen MR) is 111 cm³/mol. The minimum Gasteiger partial charge on any atom is -0.459 e. The molecule has 0 saturated carbocycles. The molecule has 1 saturated heterocycles. The molecule has 1 fully saturated rings. The highest BCUT2D eigenvalue weighted by Gasteiger charge is 2.39. The second-order valence-electron chi connectivity index (χ2n) is 7.34. The number of ether oxygens (including phenoxy) is 4. The smallest absolute Gasteiger partial charge is 0.331 e. The summed E-state index contributed by atoms with van der Waals surface area (Å²) in [6.07, 6.45) is 10.3. The summed E-state index contributed by atoms with van der Waals surface area (Å²) in [5, 5.41) is 0. The van der Waals surface area contributed by atoms with Crippen molar-refractivity contribution in [1.29, 1.82) is 0 Å². The maximum atomic E-state index is 11.9. The van der Waals surface area contributed by atoms with E-state index in [0.29, 0.717) is 38.9 Å². The Morgan fingerprint density at radius 2 is 2.03 bits per heavy atom. The molecule has 30 heavy (non-hydrogen) atoms. The summed E-state index contributed by atoms with van der Waals surface area (Å²) < 4.78 is 22.7. The van der Waals surface area contributed by atoms with Gasteiger partial charge in [0.25, 0.3) is 0 Å². The van der Waals surface area contributed by atoms with Crippen molar-refractivity contribution in [2.24, 2.45) is 0 Å². The molecule has 0 unspecified atom stereocenters. The van der Waals surface area contributed by atoms with Gasteiger partial charge in [0.1, 0.15) is 12.2 Å². The Hall–Kier alpha value is -2.70. The Morgan fingerprint density at radius 1 is 1.27 bits per heavy atom. The predicted octanol–water partition coefficient (Wildman–Crippen LogP) is 3.67. The highest BCUT2D eigenvalue weighted by Crippen LogP contribution is 2.32. The first-order valence-corrected chi connectivity index (χ1v) is 10.3. The van der Waals surface area contributed by atoms with Gasteiger partial charge < -0.3 is 18.9 Å². The van der Waals surface area contributed by atoms with Gasteiger partial charge in [0.15, 0.2) is 5.79 Å². The lowest BCUT2D eigenvalue weighted by Crippen LogP contribution is -2.37. The molecular formula is C24H28O6. The second-order valence-corrected chi connectivity index (χ2v) is 7.34. The number of esters is 2. The van der Waals surface area contributed by atoms with Crippen molar-refractivity contribution in [2.45, 2.75) is 50.1 Å². The van der Waals surface area contributed by atoms with E-state index in [4.69, 9.17) is 18.9 Å². The van der Waals surface area contributed by atoms with Gasteiger partial charge in [-0.3, -0.25) is 0 Å². The highest BCUT2D eigenvalue weighted by atomic mass is 16.7. The van der Waals surface area contributed by atoms with Gasteiger partial charge in [-0.15, -0.1) is 0 Å². The summed E-state index contributed by atoms with van der Waals surface area (Å²) in [4.78, 5) is 23.2. The van der Waals surface area contributed by atoms with E-state index in [-0.39, 0.29) is 12.1 Å². The first kappa shape index (κ1) is 22.0. The molecule has 0 amide bonds. The Bertz CT molecular complexity index is 776. The number of hydrogen-bond acceptors (Lipinski definition) is 6. The largest absolute Gasteiger partial charge is 0.459 e. The topological polar surface area (TPSA) is 71.1 Å². The molecule has 160 valence electrons. The van der Waals surface area contributed by atoms with Crippen LogP contribution in [0.3, 0.4) is 0 Å². The molecule has 0 aliphatic carbocycles. The zero-order valence-corrected chi connectivity index (χ0v) is 17.0. The summed E-state index contributed by atoms with van der Waals surface area (Å²) in [7, 11) is 0. The fourth-order valence-electron chi connectivity index (χ4n) is 3.61. The van der Waals surface area contributed by atoms with E-state index >= 15 is 0 Å². The molecule has 0 bridgehead atoms. The standard InChI is InChI=1S/C24H28O6/c1-2-22(25)30-21(12-6-10-20-11-7-13-23(26)29-20)18-24(27-16-17-28-24)15-14-19-8-4-3-5-9-19/h2-10,13,20-21H,1,11-12,14-18H2/b10-6+/t20-,21-/m0/s1. The molecule has 1 aromatic rings. The van der Waals surface area contributed by atoms with Crippen LogP contribution in [0.5, 0.6) is 0 Å². The van der Waals surface area contributed by atoms with Crippen molar-refractivity contribution in [2.75, 3.05) is 13.2 Å². The number of benzene rings is 1. The summed E-state index contributed by atoms with van der Waals surface area (Å²) in [5.41, 5.74) is 1.20. The minimum atomic E-state index is -0.796. The molecule has 2 heterocycles. The lowest BCUT2D eigenvalue weighted by molar-refractivity contribution is -0.187. The third-order valence-corrected chi connectivity index (χ3v) is 5.08. The number of carbonyl (C=O) groups is 2. The summed E-state index contributed by atoms with van der Waals surface area (Å²) in [5.74, 6) is -1.63. The maximum Gasteiger partial charge on any atom is 0.331 e. The first-order chi connectivity index (χ1) is 14.6. The van der Waals surface area contributed by atoms with Gasteiger partial charge >= 0.3 is 11.9 Å². The van der Waals surface area contributed by atoms with Gasteiger partial charge in [0.2, 0.25) is 0 Å². The van der Waals surface area contributed by atoms with E-state index in [1.54, 1.807) is 6.08 Å². The van der Waals surface area contributed by atoms with E-state index in [1.807, 2.05) is 30.4 Å². The molecule has 2 aliphatic rings. The van der Waals surface area contributed by atoms with Crippen LogP contribution in [0.4, 0.5) is 0 Å². The normalized spacial score (nSPS) is 21.3. The number of carbonyl (C=O) groups excluding carboxylic acids is 2. The quantitative estimate of drug-likeness (QED) is 0.332. The average molecular weight is 412 g/mol. The number of rotatable bonds is 10. The van der Waals surface area contributed by atoms with Crippen LogP contribution < -0.4 is 0 Å². The fraction of sp³-hybridized carbons (Fsp3) is 0.417. The average Bonchev–Trinajstić information content (AvgIpc) is 3.21. The van der Waals surface area contributed by atoms with Crippen molar-refractivity contribution in [1.82, 2.24) is 0 Å². The summed E-state index contributed by atoms with van der Waals surface area (Å²) in [6.45, 7) is 4.50. The van der Waals surface area contributed by atoms with Crippen LogP contribution in [0.15, 0.2) is 67.3 Å². The molecule has 0 spiro atoms. The Kier molecular flexibility index (Phi) is 7.99. The lowest BCUT2D eigenvalue weighted by atomic mass is 9.97. The molecular weight excluding hydrogens is 384 g/mol. The maximum absolute atomic E-state index is 11.9. The van der Waals surface area contributed by atoms with E-state index < -0.39 is 17.9 Å². The van der Waals surface area contributed by atoms with E-state index in [0.717, 1.165) is 12.5 Å². The molecule has 2 aliphatic heterocycles. The fourth-order valence-corrected chi connectivity index (χ4v) is 3.61. The zero-order chi connectivity index (χ0) is 21.2. The zero-order valence-electron chi connectivity index (χ0n) is 17.0. The number of aryl methyl sites for hydroxylation is 1. The van der Waals surface area contributed by atoms with Crippen LogP contribution in [-0.4, -0.2) is 43.1 Å². The number of hydrogen-bond donors (Lipinski definition) is 0. The van der Waals surface area contributed by atoms with E-state index in [1.165, 1.54) is 11.6 Å². The third kappa shape index (κ3) is 6.68. The molecule has 6 heteroatoms. The summed E-state index contributed by atoms with van der Waals surface area (Å²) in [6, 6.07) is 10.1. The SMILES string of the molecule is C=CC(=O)O[C@@H](C/C=C/[C@H]1CC=CC(=O)O1)CC1(CCc2ccccc2)OCCO1. The van der Waals surface area contributed by atoms with Crippen LogP contribution in [0, 0.1) is 0 Å². The van der Waals surface area contributed by atoms with E-state index in [2.05, 4.69) is 18.7 Å². The monoisotopic (exact) mass is 412 g/mol. The van der Waals surface area contributed by atoms with Crippen LogP contribution in [0.1, 0.15) is 31.2 Å². The van der Waals surface area contributed by atoms with E-state index in [9.17, 15) is 9.59 Å². The van der Waals surface area contributed by atoms with Crippen molar-refractivity contribution < 1.29 is 28.5 Å². The molecule has 6 nitrogen and oxygen atoms in total. The van der Waals surface area contributed by atoms with Gasteiger partial charge in [-0.25, -0.2) is 9.59 Å². The molecule has 0 radical (unpaired) electrons. The molecule has 1 aromatic carbocycles.